The van der Waals surface area contributed by atoms with Crippen molar-refractivity contribution in [3.05, 3.63) is 51.4 Å². The number of carbonyl (C=O) groups is 1. The molecule has 0 saturated carbocycles. The molecule has 2 aromatic rings. The number of halogens is 2. The Bertz CT molecular complexity index is 975. The van der Waals surface area contributed by atoms with Crippen molar-refractivity contribution >= 4 is 34.9 Å². The zero-order valence-electron chi connectivity index (χ0n) is 18.9. The van der Waals surface area contributed by atoms with Gasteiger partial charge in [0.2, 0.25) is 5.91 Å². The Morgan fingerprint density at radius 1 is 1.19 bits per heavy atom. The van der Waals surface area contributed by atoms with Crippen LogP contribution >= 0.6 is 23.2 Å². The summed E-state index contributed by atoms with van der Waals surface area (Å²) in [6, 6.07) is 5.66. The van der Waals surface area contributed by atoms with E-state index in [2.05, 4.69) is 41.0 Å². The number of benzene rings is 1. The summed E-state index contributed by atoms with van der Waals surface area (Å²) in [5.74, 6) is 1.28. The standard InChI is InChI=1S/C24H31Cl2N5O/c1-15(2)27-13-19(18-6-5-17(25)12-20(18)26)24(32)31-10-8-30(9-11-31)23-22-16(3)4-7-21(22)28-14-29-23/h5-6,12,14-16,19,27H,4,7-11,13H2,1-3H3. The van der Waals surface area contributed by atoms with Gasteiger partial charge in [-0.15, -0.1) is 0 Å². The average molecular weight is 476 g/mol. The Hall–Kier alpha value is -1.89. The molecule has 2 aliphatic rings. The smallest absolute Gasteiger partial charge is 0.231 e. The van der Waals surface area contributed by atoms with Gasteiger partial charge in [-0.2, -0.15) is 0 Å². The molecule has 1 amide bonds. The number of nitrogens with zero attached hydrogens (tertiary/aromatic N) is 4. The number of piperazine rings is 1. The van der Waals surface area contributed by atoms with E-state index in [0.29, 0.717) is 35.6 Å². The molecule has 1 aliphatic heterocycles. The summed E-state index contributed by atoms with van der Waals surface area (Å²) in [4.78, 5) is 26.9. The highest BCUT2D eigenvalue weighted by atomic mass is 35.5. The minimum atomic E-state index is -0.350. The third-order valence-corrected chi connectivity index (χ3v) is 7.07. The SMILES string of the molecule is CC(C)NCC(C(=O)N1CCN(c2ncnc3c2C(C)CC3)CC1)c1ccc(Cl)cc1Cl. The van der Waals surface area contributed by atoms with Crippen LogP contribution in [0.2, 0.25) is 10.0 Å². The maximum Gasteiger partial charge on any atom is 0.231 e. The lowest BCUT2D eigenvalue weighted by Crippen LogP contribution is -2.51. The molecule has 0 radical (unpaired) electrons. The van der Waals surface area contributed by atoms with E-state index in [1.165, 1.54) is 11.3 Å². The fourth-order valence-electron chi connectivity index (χ4n) is 4.70. The van der Waals surface area contributed by atoms with Crippen molar-refractivity contribution < 1.29 is 4.79 Å². The molecule has 1 N–H and O–H groups in total. The summed E-state index contributed by atoms with van der Waals surface area (Å²) in [5, 5.41) is 4.51. The van der Waals surface area contributed by atoms with Crippen molar-refractivity contribution in [3.63, 3.8) is 0 Å². The molecule has 4 rings (SSSR count). The number of carbonyl (C=O) groups excluding carboxylic acids is 1. The van der Waals surface area contributed by atoms with Crippen LogP contribution in [0.15, 0.2) is 24.5 Å². The van der Waals surface area contributed by atoms with Crippen LogP contribution in [0, 0.1) is 0 Å². The van der Waals surface area contributed by atoms with Crippen molar-refractivity contribution in [1.29, 1.82) is 0 Å². The monoisotopic (exact) mass is 475 g/mol. The lowest BCUT2D eigenvalue weighted by molar-refractivity contribution is -0.133. The van der Waals surface area contributed by atoms with Gasteiger partial charge in [0, 0.05) is 60.1 Å². The quantitative estimate of drug-likeness (QED) is 0.675. The molecule has 32 heavy (non-hydrogen) atoms. The van der Waals surface area contributed by atoms with E-state index in [1.54, 1.807) is 18.5 Å². The second kappa shape index (κ2) is 9.94. The van der Waals surface area contributed by atoms with Crippen LogP contribution in [-0.2, 0) is 11.2 Å². The normalized spacial score (nSPS) is 19.4. The van der Waals surface area contributed by atoms with Crippen LogP contribution in [0.1, 0.15) is 55.8 Å². The zero-order chi connectivity index (χ0) is 22.8. The van der Waals surface area contributed by atoms with Crippen molar-refractivity contribution in [2.45, 2.75) is 51.5 Å². The molecular weight excluding hydrogens is 445 g/mol. The first-order valence-electron chi connectivity index (χ1n) is 11.4. The Morgan fingerprint density at radius 3 is 2.62 bits per heavy atom. The van der Waals surface area contributed by atoms with Crippen LogP contribution in [0.25, 0.3) is 0 Å². The van der Waals surface area contributed by atoms with Crippen LogP contribution < -0.4 is 10.2 Å². The van der Waals surface area contributed by atoms with Gasteiger partial charge in [-0.3, -0.25) is 4.79 Å². The number of aromatic nitrogens is 2. The molecule has 1 aromatic carbocycles. The first-order chi connectivity index (χ1) is 15.3. The average Bonchev–Trinajstić information content (AvgIpc) is 3.16. The van der Waals surface area contributed by atoms with Gasteiger partial charge in [0.1, 0.15) is 12.1 Å². The number of nitrogens with one attached hydrogen (secondary N) is 1. The molecule has 6 nitrogen and oxygen atoms in total. The highest BCUT2D eigenvalue weighted by Gasteiger charge is 2.32. The van der Waals surface area contributed by atoms with Crippen molar-refractivity contribution in [3.8, 4) is 0 Å². The Morgan fingerprint density at radius 2 is 1.94 bits per heavy atom. The highest BCUT2D eigenvalue weighted by molar-refractivity contribution is 6.35. The molecular formula is C24H31Cl2N5O. The Labute approximate surface area is 200 Å². The summed E-state index contributed by atoms with van der Waals surface area (Å²) in [5.41, 5.74) is 3.29. The van der Waals surface area contributed by atoms with Crippen molar-refractivity contribution in [1.82, 2.24) is 20.2 Å². The van der Waals surface area contributed by atoms with E-state index in [0.717, 1.165) is 37.3 Å². The molecule has 172 valence electrons. The van der Waals surface area contributed by atoms with Crippen LogP contribution in [0.4, 0.5) is 5.82 Å². The lowest BCUT2D eigenvalue weighted by atomic mass is 9.96. The second-order valence-electron chi connectivity index (χ2n) is 9.09. The molecule has 1 fully saturated rings. The molecule has 2 atom stereocenters. The van der Waals surface area contributed by atoms with E-state index in [-0.39, 0.29) is 17.9 Å². The van der Waals surface area contributed by atoms with Crippen LogP contribution in [0.3, 0.4) is 0 Å². The molecule has 0 spiro atoms. The highest BCUT2D eigenvalue weighted by Crippen LogP contribution is 2.37. The lowest BCUT2D eigenvalue weighted by Gasteiger charge is -2.38. The summed E-state index contributed by atoms with van der Waals surface area (Å²) in [6.07, 6.45) is 3.84. The van der Waals surface area contributed by atoms with E-state index >= 15 is 0 Å². The summed E-state index contributed by atoms with van der Waals surface area (Å²) in [6.45, 7) is 9.79. The number of anilines is 1. The summed E-state index contributed by atoms with van der Waals surface area (Å²) >= 11 is 12.6. The van der Waals surface area contributed by atoms with Gasteiger partial charge in [0.05, 0.1) is 5.92 Å². The van der Waals surface area contributed by atoms with Crippen molar-refractivity contribution in [2.75, 3.05) is 37.6 Å². The molecule has 1 aliphatic carbocycles. The molecule has 2 heterocycles. The van der Waals surface area contributed by atoms with Crippen LogP contribution in [0.5, 0.6) is 0 Å². The fourth-order valence-corrected chi connectivity index (χ4v) is 5.24. The first kappa shape index (κ1) is 23.3. The number of fused-ring (bicyclic) bond motifs is 1. The second-order valence-corrected chi connectivity index (χ2v) is 9.93. The van der Waals surface area contributed by atoms with Gasteiger partial charge >= 0.3 is 0 Å². The first-order valence-corrected chi connectivity index (χ1v) is 12.2. The predicted octanol–water partition coefficient (Wildman–Crippen LogP) is 4.26. The molecule has 8 heteroatoms. The van der Waals surface area contributed by atoms with E-state index in [1.807, 2.05) is 11.0 Å². The fraction of sp³-hybridized carbons (Fsp3) is 0.542. The number of amides is 1. The maximum absolute atomic E-state index is 13.6. The molecule has 0 bridgehead atoms. The Balaban J connectivity index is 1.49. The third-order valence-electron chi connectivity index (χ3n) is 6.51. The summed E-state index contributed by atoms with van der Waals surface area (Å²) in [7, 11) is 0. The van der Waals surface area contributed by atoms with Crippen LogP contribution in [-0.4, -0.2) is 59.5 Å². The minimum absolute atomic E-state index is 0.100. The van der Waals surface area contributed by atoms with Gasteiger partial charge in [-0.25, -0.2) is 9.97 Å². The van der Waals surface area contributed by atoms with Gasteiger partial charge in [0.15, 0.2) is 0 Å². The number of rotatable bonds is 6. The van der Waals surface area contributed by atoms with E-state index in [4.69, 9.17) is 23.2 Å². The van der Waals surface area contributed by atoms with E-state index in [9.17, 15) is 4.79 Å². The maximum atomic E-state index is 13.6. The van der Waals surface area contributed by atoms with Gasteiger partial charge in [-0.1, -0.05) is 50.0 Å². The minimum Gasteiger partial charge on any atom is -0.353 e. The zero-order valence-corrected chi connectivity index (χ0v) is 20.5. The number of aryl methyl sites for hydroxylation is 1. The largest absolute Gasteiger partial charge is 0.353 e. The predicted molar refractivity (Wildman–Crippen MR) is 130 cm³/mol. The summed E-state index contributed by atoms with van der Waals surface area (Å²) < 4.78 is 0. The number of hydrogen-bond acceptors (Lipinski definition) is 5. The Kier molecular flexibility index (Phi) is 7.23. The van der Waals surface area contributed by atoms with E-state index < -0.39 is 0 Å². The molecule has 1 aromatic heterocycles. The molecule has 2 unspecified atom stereocenters. The topological polar surface area (TPSA) is 61.4 Å². The van der Waals surface area contributed by atoms with Gasteiger partial charge in [-0.05, 0) is 36.5 Å². The number of hydrogen-bond donors (Lipinski definition) is 1. The third kappa shape index (κ3) is 4.87. The molecule has 1 saturated heterocycles. The van der Waals surface area contributed by atoms with Gasteiger partial charge in [0.25, 0.3) is 0 Å². The van der Waals surface area contributed by atoms with Crippen molar-refractivity contribution in [2.24, 2.45) is 0 Å². The van der Waals surface area contributed by atoms with Gasteiger partial charge < -0.3 is 15.1 Å².